The van der Waals surface area contributed by atoms with E-state index in [1.54, 1.807) is 20.8 Å². The van der Waals surface area contributed by atoms with Crippen molar-refractivity contribution in [3.05, 3.63) is 64.7 Å². The maximum absolute atomic E-state index is 14.3. The molecule has 0 heterocycles. The van der Waals surface area contributed by atoms with Gasteiger partial charge in [-0.15, -0.1) is 0 Å². The van der Waals surface area contributed by atoms with Gasteiger partial charge in [0.1, 0.15) is 17.7 Å². The van der Waals surface area contributed by atoms with Crippen LogP contribution in [0.3, 0.4) is 0 Å². The lowest BCUT2D eigenvalue weighted by molar-refractivity contribution is -0.142. The number of unbranched alkanes of at least 4 members (excludes halogenated alkanes) is 5. The number of primary amides is 1. The van der Waals surface area contributed by atoms with Crippen LogP contribution < -0.4 is 16.4 Å². The Morgan fingerprint density at radius 2 is 1.56 bits per heavy atom. The molecule has 0 spiro atoms. The van der Waals surface area contributed by atoms with Gasteiger partial charge in [0, 0.05) is 12.2 Å². The average molecular weight is 595 g/mol. The molecule has 4 amide bonds. The number of alkyl carbamates (subject to hydrolysis) is 1. The number of nitrogens with zero attached hydrogens (tertiary/aromatic N) is 1. The molecule has 2 aromatic rings. The van der Waals surface area contributed by atoms with Crippen LogP contribution in [-0.4, -0.2) is 46.9 Å². The first-order valence-electron chi connectivity index (χ1n) is 15.3. The molecule has 236 valence electrons. The molecule has 2 atom stereocenters. The van der Waals surface area contributed by atoms with Crippen molar-refractivity contribution in [2.24, 2.45) is 5.73 Å². The molecule has 0 aliphatic carbocycles. The smallest absolute Gasteiger partial charge is 0.408 e. The number of nitrogens with one attached hydrogen (secondary N) is 2. The van der Waals surface area contributed by atoms with E-state index in [4.69, 9.17) is 10.5 Å². The zero-order valence-corrected chi connectivity index (χ0v) is 26.9. The molecule has 0 aliphatic rings. The van der Waals surface area contributed by atoms with E-state index in [0.717, 1.165) is 48.8 Å². The number of anilines is 1. The summed E-state index contributed by atoms with van der Waals surface area (Å²) in [6.45, 7) is 13.3. The van der Waals surface area contributed by atoms with Gasteiger partial charge in [0.05, 0.1) is 6.42 Å². The van der Waals surface area contributed by atoms with E-state index in [0.29, 0.717) is 17.7 Å². The summed E-state index contributed by atoms with van der Waals surface area (Å²) in [5.74, 6) is -1.74. The first-order chi connectivity index (χ1) is 20.2. The number of carbonyl (C=O) groups is 4. The lowest BCUT2D eigenvalue weighted by atomic mass is 9.95. The number of hydrogen-bond acceptors (Lipinski definition) is 5. The predicted octanol–water partition coefficient (Wildman–Crippen LogP) is 6.25. The predicted molar refractivity (Wildman–Crippen MR) is 171 cm³/mol. The molecule has 2 unspecified atom stereocenters. The third-order valence-corrected chi connectivity index (χ3v) is 7.11. The van der Waals surface area contributed by atoms with Crippen molar-refractivity contribution in [2.45, 2.75) is 111 Å². The fraction of sp³-hybridized carbons (Fsp3) is 0.529. The zero-order chi connectivity index (χ0) is 32.2. The van der Waals surface area contributed by atoms with Crippen molar-refractivity contribution in [2.75, 3.05) is 11.9 Å². The molecule has 9 nitrogen and oxygen atoms in total. The number of nitrogens with two attached hydrogens (primary N) is 1. The van der Waals surface area contributed by atoms with Crippen LogP contribution in [0.4, 0.5) is 10.5 Å². The quantitative estimate of drug-likeness (QED) is 0.210. The summed E-state index contributed by atoms with van der Waals surface area (Å²) < 4.78 is 5.38. The molecule has 0 fully saturated rings. The first kappa shape index (κ1) is 35.3. The Morgan fingerprint density at radius 1 is 0.907 bits per heavy atom. The second-order valence-electron chi connectivity index (χ2n) is 12.2. The van der Waals surface area contributed by atoms with E-state index in [1.165, 1.54) is 4.90 Å². The largest absolute Gasteiger partial charge is 0.444 e. The topological polar surface area (TPSA) is 131 Å². The fourth-order valence-electron chi connectivity index (χ4n) is 4.98. The maximum Gasteiger partial charge on any atom is 0.408 e. The minimum atomic E-state index is -1.31. The Bertz CT molecular complexity index is 1250. The number of para-hydroxylation sites is 1. The molecule has 0 aromatic heterocycles. The molecule has 0 saturated carbocycles. The van der Waals surface area contributed by atoms with Crippen LogP contribution in [0, 0.1) is 20.8 Å². The standard InChI is InChI=1S/C34H50N4O5/c1-8-9-10-11-12-15-20-38(32(41)28(22-29(35)39)37-33(42)43-34(5,6)7)30(26-19-18-23(2)21-25(26)4)31(40)36-27-17-14-13-16-24(27)3/h13-14,16-19,21,28,30H,8-12,15,20,22H2,1-7H3,(H2,35,39)(H,36,40)(H,37,42). The van der Waals surface area contributed by atoms with E-state index in [-0.39, 0.29) is 6.54 Å². The second-order valence-corrected chi connectivity index (χ2v) is 12.2. The first-order valence-corrected chi connectivity index (χ1v) is 15.3. The maximum atomic E-state index is 14.3. The number of benzene rings is 2. The van der Waals surface area contributed by atoms with Gasteiger partial charge in [-0.1, -0.05) is 81.0 Å². The monoisotopic (exact) mass is 594 g/mol. The van der Waals surface area contributed by atoms with E-state index < -0.39 is 47.9 Å². The minimum absolute atomic E-state index is 0.245. The number of hydrogen-bond donors (Lipinski definition) is 3. The summed E-state index contributed by atoms with van der Waals surface area (Å²) in [6, 6.07) is 10.8. The third kappa shape index (κ3) is 11.7. The Balaban J connectivity index is 2.58. The van der Waals surface area contributed by atoms with Crippen molar-refractivity contribution in [1.82, 2.24) is 10.2 Å². The van der Waals surface area contributed by atoms with Gasteiger partial charge < -0.3 is 26.0 Å². The molecule has 2 rings (SSSR count). The van der Waals surface area contributed by atoms with Crippen LogP contribution in [0.15, 0.2) is 42.5 Å². The molecule has 4 N–H and O–H groups in total. The molecule has 0 saturated heterocycles. The van der Waals surface area contributed by atoms with Crippen molar-refractivity contribution in [3.8, 4) is 0 Å². The molecular formula is C34H50N4O5. The lowest BCUT2D eigenvalue weighted by Gasteiger charge is -2.35. The lowest BCUT2D eigenvalue weighted by Crippen LogP contribution is -2.53. The highest BCUT2D eigenvalue weighted by Crippen LogP contribution is 2.29. The molecule has 43 heavy (non-hydrogen) atoms. The zero-order valence-electron chi connectivity index (χ0n) is 26.9. The van der Waals surface area contributed by atoms with Gasteiger partial charge in [0.2, 0.25) is 11.8 Å². The Labute approximate surface area is 256 Å². The molecule has 0 bridgehead atoms. The third-order valence-electron chi connectivity index (χ3n) is 7.11. The van der Waals surface area contributed by atoms with Crippen LogP contribution in [0.25, 0.3) is 0 Å². The number of ether oxygens (including phenoxy) is 1. The van der Waals surface area contributed by atoms with Crippen molar-refractivity contribution in [3.63, 3.8) is 0 Å². The van der Waals surface area contributed by atoms with Crippen LogP contribution in [0.1, 0.15) is 101 Å². The number of rotatable bonds is 15. The Hall–Kier alpha value is -3.88. The van der Waals surface area contributed by atoms with Crippen LogP contribution in [0.5, 0.6) is 0 Å². The Kier molecular flexibility index (Phi) is 13.7. The van der Waals surface area contributed by atoms with Crippen molar-refractivity contribution >= 4 is 29.5 Å². The Morgan fingerprint density at radius 3 is 2.16 bits per heavy atom. The van der Waals surface area contributed by atoms with E-state index >= 15 is 0 Å². The molecule has 9 heteroatoms. The normalized spacial score (nSPS) is 12.6. The van der Waals surface area contributed by atoms with Crippen LogP contribution >= 0.6 is 0 Å². The van der Waals surface area contributed by atoms with Gasteiger partial charge >= 0.3 is 6.09 Å². The van der Waals surface area contributed by atoms with Gasteiger partial charge in [0.15, 0.2) is 0 Å². The summed E-state index contributed by atoms with van der Waals surface area (Å²) in [7, 11) is 0. The summed E-state index contributed by atoms with van der Waals surface area (Å²) in [5.41, 5.74) is 8.74. The number of aryl methyl sites for hydroxylation is 3. The number of carbonyl (C=O) groups excluding carboxylic acids is 4. The van der Waals surface area contributed by atoms with Gasteiger partial charge in [-0.25, -0.2) is 4.79 Å². The van der Waals surface area contributed by atoms with Gasteiger partial charge in [-0.05, 0) is 70.7 Å². The molecule has 2 aromatic carbocycles. The SMILES string of the molecule is CCCCCCCCN(C(=O)C(CC(N)=O)NC(=O)OC(C)(C)C)C(C(=O)Nc1ccccc1C)c1ccc(C)cc1C. The summed E-state index contributed by atoms with van der Waals surface area (Å²) in [6.07, 6.45) is 4.55. The molecule has 0 radical (unpaired) electrons. The van der Waals surface area contributed by atoms with E-state index in [1.807, 2.05) is 63.2 Å². The highest BCUT2D eigenvalue weighted by molar-refractivity contribution is 6.00. The summed E-state index contributed by atoms with van der Waals surface area (Å²) >= 11 is 0. The van der Waals surface area contributed by atoms with Crippen molar-refractivity contribution < 1.29 is 23.9 Å². The molecular weight excluding hydrogens is 544 g/mol. The minimum Gasteiger partial charge on any atom is -0.444 e. The summed E-state index contributed by atoms with van der Waals surface area (Å²) in [5, 5.41) is 5.57. The summed E-state index contributed by atoms with van der Waals surface area (Å²) in [4.78, 5) is 54.8. The second kappa shape index (κ2) is 16.7. The highest BCUT2D eigenvalue weighted by atomic mass is 16.6. The van der Waals surface area contributed by atoms with Gasteiger partial charge in [0.25, 0.3) is 5.91 Å². The highest BCUT2D eigenvalue weighted by Gasteiger charge is 2.37. The van der Waals surface area contributed by atoms with Gasteiger partial charge in [-0.3, -0.25) is 14.4 Å². The van der Waals surface area contributed by atoms with Crippen molar-refractivity contribution in [1.29, 1.82) is 0 Å². The van der Waals surface area contributed by atoms with Crippen LogP contribution in [0.2, 0.25) is 0 Å². The van der Waals surface area contributed by atoms with E-state index in [2.05, 4.69) is 17.6 Å². The fourth-order valence-corrected chi connectivity index (χ4v) is 4.98. The molecule has 0 aliphatic heterocycles. The van der Waals surface area contributed by atoms with Gasteiger partial charge in [-0.2, -0.15) is 0 Å². The number of amides is 4. The average Bonchev–Trinajstić information content (AvgIpc) is 2.90. The van der Waals surface area contributed by atoms with Crippen LogP contribution in [-0.2, 0) is 19.1 Å². The van der Waals surface area contributed by atoms with E-state index in [9.17, 15) is 19.2 Å².